The van der Waals surface area contributed by atoms with Gasteiger partial charge >= 0.3 is 12.1 Å². The second-order valence-electron chi connectivity index (χ2n) is 8.42. The van der Waals surface area contributed by atoms with Gasteiger partial charge in [0.2, 0.25) is 5.88 Å². The van der Waals surface area contributed by atoms with E-state index < -0.39 is 29.2 Å². The highest BCUT2D eigenvalue weighted by molar-refractivity contribution is 5.99. The molecule has 3 rings (SSSR count). The average molecular weight is 480 g/mol. The summed E-state index contributed by atoms with van der Waals surface area (Å²) < 4.78 is 45.0. The molecule has 34 heavy (non-hydrogen) atoms. The van der Waals surface area contributed by atoms with Crippen LogP contribution in [0.1, 0.15) is 54.9 Å². The Balaban J connectivity index is 1.95. The summed E-state index contributed by atoms with van der Waals surface area (Å²) in [6.07, 6.45) is -0.544. The molecule has 0 atom stereocenters. The van der Waals surface area contributed by atoms with Crippen molar-refractivity contribution in [1.29, 1.82) is 0 Å². The van der Waals surface area contributed by atoms with Crippen molar-refractivity contribution in [1.82, 2.24) is 10.3 Å². The van der Waals surface area contributed by atoms with E-state index in [9.17, 15) is 27.9 Å². The van der Waals surface area contributed by atoms with Crippen molar-refractivity contribution < 1.29 is 37.7 Å². The third kappa shape index (κ3) is 5.67. The summed E-state index contributed by atoms with van der Waals surface area (Å²) in [4.78, 5) is 29.2. The average Bonchev–Trinajstić information content (AvgIpc) is 2.82. The molecule has 1 aliphatic carbocycles. The molecule has 3 N–H and O–H groups in total. The maximum atomic E-state index is 13.2. The highest BCUT2D eigenvalue weighted by Crippen LogP contribution is 2.36. The molecule has 184 valence electrons. The summed E-state index contributed by atoms with van der Waals surface area (Å²) in [6, 6.07) is 5.80. The van der Waals surface area contributed by atoms with Gasteiger partial charge in [0.15, 0.2) is 0 Å². The monoisotopic (exact) mass is 480 g/mol. The fourth-order valence-electron chi connectivity index (χ4n) is 4.16. The Morgan fingerprint density at radius 3 is 2.53 bits per heavy atom. The predicted molar refractivity (Wildman–Crippen MR) is 117 cm³/mol. The summed E-state index contributed by atoms with van der Waals surface area (Å²) in [5.74, 6) is -1.46. The molecule has 1 aliphatic rings. The topological polar surface area (TPSA) is 109 Å². The molecule has 2 aromatic rings. The Morgan fingerprint density at radius 2 is 1.94 bits per heavy atom. The highest BCUT2D eigenvalue weighted by Gasteiger charge is 2.43. The van der Waals surface area contributed by atoms with E-state index in [4.69, 9.17) is 9.84 Å². The Labute approximate surface area is 195 Å². The van der Waals surface area contributed by atoms with Crippen molar-refractivity contribution >= 4 is 11.9 Å². The Kier molecular flexibility index (Phi) is 7.81. The molecule has 0 radical (unpaired) electrons. The van der Waals surface area contributed by atoms with Crippen LogP contribution in [0.2, 0.25) is 0 Å². The maximum Gasteiger partial charge on any atom is 0.416 e. The summed E-state index contributed by atoms with van der Waals surface area (Å²) >= 11 is 0. The predicted octanol–water partition coefficient (Wildman–Crippen LogP) is 4.29. The van der Waals surface area contributed by atoms with Gasteiger partial charge in [-0.1, -0.05) is 25.5 Å². The molecular weight excluding hydrogens is 453 g/mol. The number of pyridine rings is 1. The molecule has 0 spiro atoms. The molecule has 0 saturated heterocycles. The zero-order valence-electron chi connectivity index (χ0n) is 18.7. The molecule has 1 aromatic heterocycles. The quantitative estimate of drug-likeness (QED) is 0.520. The van der Waals surface area contributed by atoms with Gasteiger partial charge < -0.3 is 20.3 Å². The first-order valence-corrected chi connectivity index (χ1v) is 11.1. The van der Waals surface area contributed by atoms with Crippen LogP contribution in [0.3, 0.4) is 0 Å². The number of carbonyl (C=O) groups excluding carboxylic acids is 1. The lowest BCUT2D eigenvalue weighted by Crippen LogP contribution is -2.56. The number of benzene rings is 1. The van der Waals surface area contributed by atoms with Gasteiger partial charge in [0.1, 0.15) is 12.1 Å². The number of carbonyl (C=O) groups is 2. The van der Waals surface area contributed by atoms with Gasteiger partial charge in [-0.3, -0.25) is 4.79 Å². The zero-order chi connectivity index (χ0) is 24.9. The largest absolute Gasteiger partial charge is 0.480 e. The molecule has 1 saturated carbocycles. The number of hydrogen-bond donors (Lipinski definition) is 3. The second-order valence-corrected chi connectivity index (χ2v) is 8.42. The Hall–Kier alpha value is -3.14. The molecule has 0 unspecified atom stereocenters. The minimum absolute atomic E-state index is 0.0120. The van der Waals surface area contributed by atoms with Gasteiger partial charge in [-0.15, -0.1) is 0 Å². The summed E-state index contributed by atoms with van der Waals surface area (Å²) in [6.45, 7) is 1.55. The summed E-state index contributed by atoms with van der Waals surface area (Å²) in [5, 5.41) is 21.5. The number of nitrogens with zero attached hydrogens (tertiary/aromatic N) is 1. The number of nitrogens with one attached hydrogen (secondary N) is 1. The van der Waals surface area contributed by atoms with Gasteiger partial charge in [0.05, 0.1) is 17.7 Å². The first-order valence-electron chi connectivity index (χ1n) is 11.1. The Morgan fingerprint density at radius 1 is 1.24 bits per heavy atom. The minimum Gasteiger partial charge on any atom is -0.480 e. The highest BCUT2D eigenvalue weighted by atomic mass is 19.4. The molecule has 7 nitrogen and oxygen atoms in total. The number of aromatic nitrogens is 1. The number of rotatable bonds is 8. The standard InChI is InChI=1S/C24H27F3N2O5/c1-2-15-6-8-23(9-7-15,22(32)33)29-20(31)17-13-19(21(28-14-17)34-11-10-30)16-4-3-5-18(12-16)24(25,26)27/h3-5,12-15,30H,2,6-11H2,1H3,(H,29,31)(H,32,33)/t15-,23+. The number of ether oxygens (including phenoxy) is 1. The van der Waals surface area contributed by atoms with E-state index in [2.05, 4.69) is 10.3 Å². The SMILES string of the molecule is CC[C@H]1CC[C@](NC(=O)c2cnc(OCCO)c(-c3cccc(C(F)(F)F)c3)c2)(C(=O)O)CC1. The fourth-order valence-corrected chi connectivity index (χ4v) is 4.16. The van der Waals surface area contributed by atoms with Crippen LogP contribution in [-0.4, -0.2) is 45.8 Å². The fraction of sp³-hybridized carbons (Fsp3) is 0.458. The van der Waals surface area contributed by atoms with Crippen molar-refractivity contribution in [2.24, 2.45) is 5.92 Å². The number of alkyl halides is 3. The van der Waals surface area contributed by atoms with E-state index in [1.807, 2.05) is 6.92 Å². The molecule has 0 aliphatic heterocycles. The van der Waals surface area contributed by atoms with Crippen LogP contribution in [-0.2, 0) is 11.0 Å². The van der Waals surface area contributed by atoms with Crippen molar-refractivity contribution in [2.45, 2.75) is 50.7 Å². The van der Waals surface area contributed by atoms with Crippen molar-refractivity contribution in [2.75, 3.05) is 13.2 Å². The molecular formula is C24H27F3N2O5. The molecule has 1 fully saturated rings. The van der Waals surface area contributed by atoms with Crippen LogP contribution >= 0.6 is 0 Å². The molecule has 10 heteroatoms. The number of aliphatic hydroxyl groups excluding tert-OH is 1. The zero-order valence-corrected chi connectivity index (χ0v) is 18.7. The number of aliphatic hydroxyl groups is 1. The third-order valence-electron chi connectivity index (χ3n) is 6.24. The number of hydrogen-bond acceptors (Lipinski definition) is 5. The van der Waals surface area contributed by atoms with E-state index >= 15 is 0 Å². The molecule has 1 amide bonds. The minimum atomic E-state index is -4.57. The van der Waals surface area contributed by atoms with Gasteiger partial charge in [-0.2, -0.15) is 13.2 Å². The first kappa shape index (κ1) is 25.5. The number of halogens is 3. The number of aliphatic carboxylic acids is 1. The molecule has 0 bridgehead atoms. The van der Waals surface area contributed by atoms with Crippen LogP contribution < -0.4 is 10.1 Å². The molecule has 1 aromatic carbocycles. The van der Waals surface area contributed by atoms with Gasteiger partial charge in [0.25, 0.3) is 5.91 Å². The van der Waals surface area contributed by atoms with Gasteiger partial charge in [-0.25, -0.2) is 9.78 Å². The van der Waals surface area contributed by atoms with E-state index in [0.29, 0.717) is 18.8 Å². The van der Waals surface area contributed by atoms with Crippen LogP contribution in [0.15, 0.2) is 36.5 Å². The van der Waals surface area contributed by atoms with Crippen molar-refractivity contribution in [3.63, 3.8) is 0 Å². The first-order chi connectivity index (χ1) is 16.1. The lowest BCUT2D eigenvalue weighted by atomic mass is 9.75. The Bertz CT molecular complexity index is 1030. The number of carboxylic acid groups (broad SMARTS) is 1. The van der Waals surface area contributed by atoms with Gasteiger partial charge in [-0.05, 0) is 55.4 Å². The number of carboxylic acids is 1. The van der Waals surface area contributed by atoms with Crippen LogP contribution in [0.5, 0.6) is 5.88 Å². The van der Waals surface area contributed by atoms with Crippen LogP contribution in [0.4, 0.5) is 13.2 Å². The van der Waals surface area contributed by atoms with Crippen molar-refractivity contribution in [3.8, 4) is 17.0 Å². The smallest absolute Gasteiger partial charge is 0.416 e. The summed E-state index contributed by atoms with van der Waals surface area (Å²) in [7, 11) is 0. The lowest BCUT2D eigenvalue weighted by Gasteiger charge is -2.37. The maximum absolute atomic E-state index is 13.2. The van der Waals surface area contributed by atoms with Crippen LogP contribution in [0.25, 0.3) is 11.1 Å². The normalized spacial score (nSPS) is 20.6. The number of amides is 1. The second kappa shape index (κ2) is 10.4. The van der Waals surface area contributed by atoms with E-state index in [1.54, 1.807) is 0 Å². The van der Waals surface area contributed by atoms with E-state index in [-0.39, 0.29) is 48.6 Å². The van der Waals surface area contributed by atoms with Crippen molar-refractivity contribution in [3.05, 3.63) is 47.7 Å². The lowest BCUT2D eigenvalue weighted by molar-refractivity contribution is -0.146. The third-order valence-corrected chi connectivity index (χ3v) is 6.24. The van der Waals surface area contributed by atoms with E-state index in [1.165, 1.54) is 24.4 Å². The van der Waals surface area contributed by atoms with Gasteiger partial charge in [0, 0.05) is 11.8 Å². The van der Waals surface area contributed by atoms with Crippen LogP contribution in [0, 0.1) is 5.92 Å². The summed E-state index contributed by atoms with van der Waals surface area (Å²) in [5.41, 5.74) is -2.08. The van der Waals surface area contributed by atoms with E-state index in [0.717, 1.165) is 18.6 Å². The molecule has 1 heterocycles.